The molecule has 0 spiro atoms. The van der Waals surface area contributed by atoms with E-state index in [0.29, 0.717) is 10.8 Å². The minimum absolute atomic E-state index is 0.0396. The number of halogens is 1. The minimum Gasteiger partial charge on any atom is -0.484 e. The second-order valence-corrected chi connectivity index (χ2v) is 6.78. The molecule has 0 aliphatic carbocycles. The van der Waals surface area contributed by atoms with Crippen molar-refractivity contribution >= 4 is 17.5 Å². The lowest BCUT2D eigenvalue weighted by molar-refractivity contribution is -0.909. The summed E-state index contributed by atoms with van der Waals surface area (Å²) >= 11 is 5.94. The van der Waals surface area contributed by atoms with Crippen LogP contribution in [0, 0.1) is 0 Å². The summed E-state index contributed by atoms with van der Waals surface area (Å²) in [6.45, 7) is 4.24. The van der Waals surface area contributed by atoms with E-state index in [9.17, 15) is 4.79 Å². The molecular weight excluding hydrogens is 352 g/mol. The molecule has 5 nitrogen and oxygen atoms in total. The third-order valence-electron chi connectivity index (χ3n) is 4.40. The summed E-state index contributed by atoms with van der Waals surface area (Å²) in [5.41, 5.74) is 1.10. The van der Waals surface area contributed by atoms with Crippen LogP contribution in [0.3, 0.4) is 0 Å². The molecule has 2 aromatic carbocycles. The van der Waals surface area contributed by atoms with Crippen LogP contribution in [0.2, 0.25) is 5.02 Å². The average Bonchev–Trinajstić information content (AvgIpc) is 2.67. The third-order valence-corrected chi connectivity index (χ3v) is 4.63. The van der Waals surface area contributed by atoms with Gasteiger partial charge in [-0.25, -0.2) is 0 Å². The third kappa shape index (κ3) is 5.73. The van der Waals surface area contributed by atoms with Crippen LogP contribution in [0.25, 0.3) is 0 Å². The van der Waals surface area contributed by atoms with Crippen LogP contribution in [0.4, 0.5) is 0 Å². The van der Waals surface area contributed by atoms with Gasteiger partial charge in [0.05, 0.1) is 13.2 Å². The number of quaternary nitrogens is 1. The quantitative estimate of drug-likeness (QED) is 0.771. The molecular formula is C20H24ClN2O3+. The zero-order valence-corrected chi connectivity index (χ0v) is 15.4. The molecule has 1 atom stereocenters. The first-order valence-corrected chi connectivity index (χ1v) is 9.22. The number of carbonyl (C=O) groups excluding carboxylic acids is 1. The van der Waals surface area contributed by atoms with Crippen molar-refractivity contribution in [1.29, 1.82) is 0 Å². The minimum atomic E-state index is -0.147. The van der Waals surface area contributed by atoms with Gasteiger partial charge in [0, 0.05) is 5.02 Å². The van der Waals surface area contributed by atoms with E-state index >= 15 is 0 Å². The Morgan fingerprint density at radius 2 is 1.92 bits per heavy atom. The van der Waals surface area contributed by atoms with E-state index in [4.69, 9.17) is 21.1 Å². The Hall–Kier alpha value is -2.08. The maximum atomic E-state index is 12.4. The van der Waals surface area contributed by atoms with Crippen molar-refractivity contribution in [2.75, 3.05) is 39.5 Å². The van der Waals surface area contributed by atoms with Crippen LogP contribution >= 0.6 is 11.6 Å². The fourth-order valence-electron chi connectivity index (χ4n) is 3.03. The second kappa shape index (κ2) is 9.57. The first-order chi connectivity index (χ1) is 12.7. The average molecular weight is 376 g/mol. The molecule has 138 valence electrons. The zero-order chi connectivity index (χ0) is 18.2. The van der Waals surface area contributed by atoms with Gasteiger partial charge < -0.3 is 19.7 Å². The lowest BCUT2D eigenvalue weighted by Gasteiger charge is -2.28. The molecule has 6 heteroatoms. The zero-order valence-electron chi connectivity index (χ0n) is 14.6. The molecule has 0 saturated carbocycles. The number of nitrogens with one attached hydrogen (secondary N) is 2. The fraction of sp³-hybridized carbons (Fsp3) is 0.350. The molecule has 3 rings (SSSR count). The van der Waals surface area contributed by atoms with Gasteiger partial charge in [0.1, 0.15) is 31.4 Å². The monoisotopic (exact) mass is 375 g/mol. The van der Waals surface area contributed by atoms with E-state index in [1.165, 1.54) is 4.90 Å². The molecule has 1 aliphatic rings. The van der Waals surface area contributed by atoms with E-state index in [0.717, 1.165) is 38.4 Å². The van der Waals surface area contributed by atoms with Gasteiger partial charge in [0.15, 0.2) is 6.61 Å². The Bertz CT molecular complexity index is 705. The normalized spacial score (nSPS) is 16.0. The molecule has 0 radical (unpaired) electrons. The van der Waals surface area contributed by atoms with Gasteiger partial charge in [-0.3, -0.25) is 4.79 Å². The van der Waals surface area contributed by atoms with Gasteiger partial charge in [0.2, 0.25) is 0 Å². The van der Waals surface area contributed by atoms with Gasteiger partial charge >= 0.3 is 0 Å². The Morgan fingerprint density at radius 1 is 1.15 bits per heavy atom. The van der Waals surface area contributed by atoms with Gasteiger partial charge in [-0.05, 0) is 23.8 Å². The highest BCUT2D eigenvalue weighted by molar-refractivity contribution is 6.30. The first-order valence-electron chi connectivity index (χ1n) is 8.85. The van der Waals surface area contributed by atoms with E-state index in [1.54, 1.807) is 24.3 Å². The molecule has 2 aromatic rings. The van der Waals surface area contributed by atoms with E-state index in [2.05, 4.69) is 5.32 Å². The van der Waals surface area contributed by atoms with E-state index in [-0.39, 0.29) is 18.6 Å². The maximum Gasteiger partial charge on any atom is 0.258 e. The van der Waals surface area contributed by atoms with Crippen LogP contribution in [-0.2, 0) is 9.53 Å². The number of carbonyl (C=O) groups is 1. The van der Waals surface area contributed by atoms with Crippen molar-refractivity contribution in [2.45, 2.75) is 6.04 Å². The largest absolute Gasteiger partial charge is 0.484 e. The molecule has 1 fully saturated rings. The Balaban J connectivity index is 1.59. The van der Waals surface area contributed by atoms with Crippen molar-refractivity contribution in [3.63, 3.8) is 0 Å². The number of benzene rings is 2. The Morgan fingerprint density at radius 3 is 2.65 bits per heavy atom. The van der Waals surface area contributed by atoms with Gasteiger partial charge in [-0.2, -0.15) is 0 Å². The Labute approximate surface area is 158 Å². The molecule has 0 bridgehead atoms. The lowest BCUT2D eigenvalue weighted by atomic mass is 10.1. The lowest BCUT2D eigenvalue weighted by Crippen LogP contribution is -3.14. The molecule has 26 heavy (non-hydrogen) atoms. The van der Waals surface area contributed by atoms with Crippen LogP contribution in [0.5, 0.6) is 5.75 Å². The summed E-state index contributed by atoms with van der Waals surface area (Å²) in [6.07, 6.45) is 0. The molecule has 0 unspecified atom stereocenters. The number of rotatable bonds is 7. The predicted molar refractivity (Wildman–Crippen MR) is 101 cm³/mol. The van der Waals surface area contributed by atoms with Crippen LogP contribution in [0.1, 0.15) is 11.6 Å². The highest BCUT2D eigenvalue weighted by atomic mass is 35.5. The molecule has 1 amide bonds. The molecule has 1 saturated heterocycles. The van der Waals surface area contributed by atoms with E-state index in [1.807, 2.05) is 30.3 Å². The summed E-state index contributed by atoms with van der Waals surface area (Å²) in [4.78, 5) is 13.9. The van der Waals surface area contributed by atoms with Crippen molar-refractivity contribution in [1.82, 2.24) is 5.32 Å². The standard InChI is InChI=1S/C20H23ClN2O3/c21-17-7-4-8-18(13-17)26-15-20(24)22-19(16-5-2-1-3-6-16)14-23-9-11-25-12-10-23/h1-8,13,19H,9-12,14-15H2,(H,22,24)/p+1/t19-/m1/s1. The molecule has 2 N–H and O–H groups in total. The summed E-state index contributed by atoms with van der Waals surface area (Å²) < 4.78 is 11.0. The van der Waals surface area contributed by atoms with Crippen molar-refractivity contribution < 1.29 is 19.2 Å². The smallest absolute Gasteiger partial charge is 0.258 e. The van der Waals surface area contributed by atoms with Gasteiger partial charge in [-0.15, -0.1) is 0 Å². The van der Waals surface area contributed by atoms with Crippen molar-refractivity contribution in [2.24, 2.45) is 0 Å². The molecule has 0 aromatic heterocycles. The number of morpholine rings is 1. The van der Waals surface area contributed by atoms with Crippen LogP contribution in [0.15, 0.2) is 54.6 Å². The highest BCUT2D eigenvalue weighted by Crippen LogP contribution is 2.17. The van der Waals surface area contributed by atoms with E-state index < -0.39 is 0 Å². The number of ether oxygens (including phenoxy) is 2. The summed E-state index contributed by atoms with van der Waals surface area (Å²) in [5.74, 6) is 0.439. The number of hydrogen-bond acceptors (Lipinski definition) is 3. The summed E-state index contributed by atoms with van der Waals surface area (Å²) in [5, 5.41) is 3.69. The van der Waals surface area contributed by atoms with Crippen LogP contribution in [-0.4, -0.2) is 45.4 Å². The SMILES string of the molecule is O=C(COc1cccc(Cl)c1)N[C@H](C[NH+]1CCOCC1)c1ccccc1. The van der Waals surface area contributed by atoms with Gasteiger partial charge in [0.25, 0.3) is 5.91 Å². The Kier molecular flexibility index (Phi) is 6.89. The van der Waals surface area contributed by atoms with Crippen molar-refractivity contribution in [3.8, 4) is 5.75 Å². The number of hydrogen-bond donors (Lipinski definition) is 2. The topological polar surface area (TPSA) is 52.0 Å². The fourth-order valence-corrected chi connectivity index (χ4v) is 3.21. The molecule has 1 heterocycles. The molecule has 1 aliphatic heterocycles. The second-order valence-electron chi connectivity index (χ2n) is 6.34. The maximum absolute atomic E-state index is 12.4. The van der Waals surface area contributed by atoms with Crippen LogP contribution < -0.4 is 15.0 Å². The van der Waals surface area contributed by atoms with Crippen molar-refractivity contribution in [3.05, 3.63) is 65.2 Å². The highest BCUT2D eigenvalue weighted by Gasteiger charge is 2.23. The summed E-state index contributed by atoms with van der Waals surface area (Å²) in [6, 6.07) is 17.0. The van der Waals surface area contributed by atoms with Gasteiger partial charge in [-0.1, -0.05) is 48.0 Å². The predicted octanol–water partition coefficient (Wildman–Crippen LogP) is 1.49. The summed E-state index contributed by atoms with van der Waals surface area (Å²) in [7, 11) is 0. The number of amides is 1. The first kappa shape index (κ1) is 18.7.